The van der Waals surface area contributed by atoms with Crippen molar-refractivity contribution in [1.82, 2.24) is 25.6 Å². The second-order valence-electron chi connectivity index (χ2n) is 8.80. The Balaban J connectivity index is 1.48. The van der Waals surface area contributed by atoms with Crippen LogP contribution >= 0.6 is 0 Å². The molecule has 3 aromatic carbocycles. The lowest BCUT2D eigenvalue weighted by molar-refractivity contribution is -0.137. The summed E-state index contributed by atoms with van der Waals surface area (Å²) in [7, 11) is 0. The van der Waals surface area contributed by atoms with Gasteiger partial charge in [-0.3, -0.25) is 0 Å². The highest BCUT2D eigenvalue weighted by Crippen LogP contribution is 2.37. The van der Waals surface area contributed by atoms with Gasteiger partial charge in [0.1, 0.15) is 5.52 Å². The van der Waals surface area contributed by atoms with Crippen molar-refractivity contribution in [2.75, 3.05) is 11.4 Å². The number of rotatable bonds is 8. The third-order valence-corrected chi connectivity index (χ3v) is 6.39. The maximum atomic E-state index is 13.4. The molecule has 0 bridgehead atoms. The van der Waals surface area contributed by atoms with Crippen LogP contribution in [0.5, 0.6) is 0 Å². The van der Waals surface area contributed by atoms with Crippen LogP contribution in [0.3, 0.4) is 0 Å². The molecule has 10 heteroatoms. The molecule has 2 aromatic heterocycles. The molecule has 1 atom stereocenters. The van der Waals surface area contributed by atoms with E-state index in [1.54, 1.807) is 0 Å². The number of tetrazole rings is 1. The van der Waals surface area contributed by atoms with Crippen LogP contribution in [0.1, 0.15) is 43.9 Å². The van der Waals surface area contributed by atoms with Crippen molar-refractivity contribution in [2.45, 2.75) is 38.9 Å². The second-order valence-corrected chi connectivity index (χ2v) is 8.80. The number of fused-ring (bicyclic) bond motifs is 1. The first-order chi connectivity index (χ1) is 17.8. The number of oxazole rings is 1. The second kappa shape index (κ2) is 10.0. The molecule has 0 aliphatic heterocycles. The average Bonchev–Trinajstić information content (AvgIpc) is 3.58. The number of H-pyrrole nitrogens is 1. The van der Waals surface area contributed by atoms with E-state index in [-0.39, 0.29) is 17.4 Å². The molecule has 2 heterocycles. The summed E-state index contributed by atoms with van der Waals surface area (Å²) in [5.41, 5.74) is 3.36. The number of para-hydroxylation sites is 2. The number of aromatic nitrogens is 5. The maximum absolute atomic E-state index is 13.4. The zero-order chi connectivity index (χ0) is 26.0. The summed E-state index contributed by atoms with van der Waals surface area (Å²) >= 11 is 0. The summed E-state index contributed by atoms with van der Waals surface area (Å²) in [5, 5.41) is 13.6. The predicted octanol–water partition coefficient (Wildman–Crippen LogP) is 7.06. The van der Waals surface area contributed by atoms with Crippen molar-refractivity contribution >= 4 is 17.1 Å². The Kier molecular flexibility index (Phi) is 6.64. The van der Waals surface area contributed by atoms with Crippen molar-refractivity contribution in [3.63, 3.8) is 0 Å². The zero-order valence-corrected chi connectivity index (χ0v) is 20.3. The summed E-state index contributed by atoms with van der Waals surface area (Å²) in [6.07, 6.45) is -2.49. The molecule has 5 rings (SSSR count). The first kappa shape index (κ1) is 24.5. The Morgan fingerprint density at radius 1 is 1.00 bits per heavy atom. The quantitative estimate of drug-likeness (QED) is 0.243. The number of hydrogen-bond acceptors (Lipinski definition) is 6. The van der Waals surface area contributed by atoms with E-state index in [1.807, 2.05) is 48.5 Å². The van der Waals surface area contributed by atoms with Crippen molar-refractivity contribution in [3.05, 3.63) is 77.9 Å². The van der Waals surface area contributed by atoms with Crippen LogP contribution in [-0.4, -0.2) is 32.2 Å². The van der Waals surface area contributed by atoms with E-state index in [1.165, 1.54) is 6.07 Å². The van der Waals surface area contributed by atoms with E-state index in [2.05, 4.69) is 39.4 Å². The number of halogens is 3. The summed E-state index contributed by atoms with van der Waals surface area (Å²) < 4.78 is 46.2. The molecule has 37 heavy (non-hydrogen) atoms. The topological polar surface area (TPSA) is 83.7 Å². The minimum Gasteiger partial charge on any atom is -0.423 e. The van der Waals surface area contributed by atoms with Gasteiger partial charge in [-0.2, -0.15) is 23.4 Å². The highest BCUT2D eigenvalue weighted by molar-refractivity contribution is 5.81. The standard InChI is InChI=1S/C27H25F3N6O/c1-3-4-15-36(26-31-23-7-5-6-8-24(23)37-26)17(2)18-9-11-19(12-10-18)21-14-13-20(27(28,29)30)16-22(21)25-32-34-35-33-25/h5-14,16-17H,3-4,15H2,1-2H3,(H,32,33,34,35)/t17-/m1/s1. The molecule has 0 radical (unpaired) electrons. The van der Waals surface area contributed by atoms with Gasteiger partial charge < -0.3 is 9.32 Å². The predicted molar refractivity (Wildman–Crippen MR) is 135 cm³/mol. The van der Waals surface area contributed by atoms with Crippen LogP contribution in [0.25, 0.3) is 33.6 Å². The van der Waals surface area contributed by atoms with E-state index < -0.39 is 11.7 Å². The van der Waals surface area contributed by atoms with Gasteiger partial charge in [-0.15, -0.1) is 10.2 Å². The molecular formula is C27H25F3N6O. The normalized spacial score (nSPS) is 12.7. The number of unbranched alkanes of at least 4 members (excludes halogenated alkanes) is 1. The van der Waals surface area contributed by atoms with Gasteiger partial charge in [0.15, 0.2) is 5.58 Å². The molecule has 5 aromatic rings. The third-order valence-electron chi connectivity index (χ3n) is 6.39. The van der Waals surface area contributed by atoms with Gasteiger partial charge in [-0.25, -0.2) is 0 Å². The molecule has 190 valence electrons. The molecule has 0 saturated heterocycles. The molecule has 0 saturated carbocycles. The lowest BCUT2D eigenvalue weighted by Crippen LogP contribution is -2.28. The van der Waals surface area contributed by atoms with Gasteiger partial charge in [0, 0.05) is 12.1 Å². The molecule has 0 unspecified atom stereocenters. The van der Waals surface area contributed by atoms with Gasteiger partial charge in [-0.05, 0) is 59.5 Å². The fraction of sp³-hybridized carbons (Fsp3) is 0.259. The van der Waals surface area contributed by atoms with Gasteiger partial charge >= 0.3 is 6.18 Å². The molecule has 7 nitrogen and oxygen atoms in total. The zero-order valence-electron chi connectivity index (χ0n) is 20.3. The largest absolute Gasteiger partial charge is 0.423 e. The van der Waals surface area contributed by atoms with Gasteiger partial charge in [0.2, 0.25) is 5.82 Å². The van der Waals surface area contributed by atoms with E-state index in [9.17, 15) is 13.2 Å². The number of nitrogens with one attached hydrogen (secondary N) is 1. The summed E-state index contributed by atoms with van der Waals surface area (Å²) in [5.74, 6) is 0.0974. The Bertz CT molecular complexity index is 1450. The Morgan fingerprint density at radius 2 is 1.78 bits per heavy atom. The van der Waals surface area contributed by atoms with Gasteiger partial charge in [0.05, 0.1) is 11.6 Å². The Morgan fingerprint density at radius 3 is 2.46 bits per heavy atom. The molecule has 0 spiro atoms. The fourth-order valence-electron chi connectivity index (χ4n) is 4.32. The number of aromatic amines is 1. The van der Waals surface area contributed by atoms with Gasteiger partial charge in [-0.1, -0.05) is 55.8 Å². The van der Waals surface area contributed by atoms with Crippen molar-refractivity contribution < 1.29 is 17.6 Å². The SMILES string of the molecule is CCCCN(c1nc2ccccc2o1)[C@H](C)c1ccc(-c2ccc(C(F)(F)F)cc2-c2nn[nH]n2)cc1. The van der Waals surface area contributed by atoms with Crippen molar-refractivity contribution in [2.24, 2.45) is 0 Å². The first-order valence-electron chi connectivity index (χ1n) is 12.0. The van der Waals surface area contributed by atoms with Crippen LogP contribution in [0.4, 0.5) is 19.2 Å². The Hall–Kier alpha value is -4.21. The smallest absolute Gasteiger partial charge is 0.416 e. The molecule has 0 fully saturated rings. The highest BCUT2D eigenvalue weighted by Gasteiger charge is 2.32. The number of alkyl halides is 3. The van der Waals surface area contributed by atoms with E-state index in [0.29, 0.717) is 11.6 Å². The summed E-state index contributed by atoms with van der Waals surface area (Å²) in [6, 6.07) is 19.5. The lowest BCUT2D eigenvalue weighted by Gasteiger charge is -2.28. The fourth-order valence-corrected chi connectivity index (χ4v) is 4.32. The lowest BCUT2D eigenvalue weighted by atomic mass is 9.95. The molecule has 1 N–H and O–H groups in total. The minimum atomic E-state index is -4.48. The van der Waals surface area contributed by atoms with E-state index in [4.69, 9.17) is 9.40 Å². The van der Waals surface area contributed by atoms with Crippen molar-refractivity contribution in [1.29, 1.82) is 0 Å². The van der Waals surface area contributed by atoms with Gasteiger partial charge in [0.25, 0.3) is 6.01 Å². The number of nitrogens with zero attached hydrogens (tertiary/aromatic N) is 5. The average molecular weight is 507 g/mol. The van der Waals surface area contributed by atoms with Crippen LogP contribution in [0.2, 0.25) is 0 Å². The monoisotopic (exact) mass is 506 g/mol. The van der Waals surface area contributed by atoms with Crippen LogP contribution in [0, 0.1) is 0 Å². The number of benzene rings is 3. The molecular weight excluding hydrogens is 481 g/mol. The van der Waals surface area contributed by atoms with Crippen LogP contribution in [-0.2, 0) is 6.18 Å². The highest BCUT2D eigenvalue weighted by atomic mass is 19.4. The van der Waals surface area contributed by atoms with Crippen LogP contribution < -0.4 is 4.90 Å². The van der Waals surface area contributed by atoms with Crippen LogP contribution in [0.15, 0.2) is 71.1 Å². The first-order valence-corrected chi connectivity index (χ1v) is 12.0. The van der Waals surface area contributed by atoms with E-state index in [0.717, 1.165) is 53.7 Å². The maximum Gasteiger partial charge on any atom is 0.416 e. The molecule has 0 aliphatic rings. The minimum absolute atomic E-state index is 0.0436. The number of anilines is 1. The third kappa shape index (κ3) is 5.04. The Labute approximate surface area is 211 Å². The molecule has 0 aliphatic carbocycles. The molecule has 0 amide bonds. The summed E-state index contributed by atoms with van der Waals surface area (Å²) in [6.45, 7) is 4.99. The van der Waals surface area contributed by atoms with E-state index >= 15 is 0 Å². The summed E-state index contributed by atoms with van der Waals surface area (Å²) in [4.78, 5) is 6.83. The number of hydrogen-bond donors (Lipinski definition) is 1. The van der Waals surface area contributed by atoms with Crippen molar-refractivity contribution in [3.8, 4) is 22.5 Å².